The Hall–Kier alpha value is -3.53. The molecule has 0 saturated carbocycles. The smallest absolute Gasteiger partial charge is 0.330 e. The van der Waals surface area contributed by atoms with E-state index in [1.165, 1.54) is 24.3 Å². The van der Waals surface area contributed by atoms with Crippen LogP contribution in [0.5, 0.6) is 23.0 Å². The molecule has 0 spiro atoms. The normalized spacial score (nSPS) is 11.2. The zero-order valence-electron chi connectivity index (χ0n) is 19.3. The van der Waals surface area contributed by atoms with E-state index in [4.69, 9.17) is 14.2 Å². The van der Waals surface area contributed by atoms with Crippen LogP contribution in [0.1, 0.15) is 56.2 Å². The summed E-state index contributed by atoms with van der Waals surface area (Å²) in [6.45, 7) is 8.63. The second kappa shape index (κ2) is 10.7. The van der Waals surface area contributed by atoms with Gasteiger partial charge < -0.3 is 14.2 Å². The van der Waals surface area contributed by atoms with E-state index in [9.17, 15) is 4.79 Å². The first-order chi connectivity index (χ1) is 15.4. The Kier molecular flexibility index (Phi) is 7.72. The van der Waals surface area contributed by atoms with Crippen LogP contribution in [0.3, 0.4) is 0 Å². The average Bonchev–Trinajstić information content (AvgIpc) is 2.79. The Morgan fingerprint density at radius 1 is 0.719 bits per heavy atom. The third kappa shape index (κ3) is 6.24. The summed E-state index contributed by atoms with van der Waals surface area (Å²) in [6.07, 6.45) is 3.04. The molecule has 0 atom stereocenters. The maximum Gasteiger partial charge on any atom is 0.330 e. The Balaban J connectivity index is 1.88. The van der Waals surface area contributed by atoms with Gasteiger partial charge in [0.25, 0.3) is 0 Å². The summed E-state index contributed by atoms with van der Waals surface area (Å²) in [5, 5.41) is 0. The Labute approximate surface area is 190 Å². The average molecular weight is 431 g/mol. The number of benzene rings is 3. The van der Waals surface area contributed by atoms with Gasteiger partial charge >= 0.3 is 5.97 Å². The van der Waals surface area contributed by atoms with Crippen molar-refractivity contribution in [1.29, 1.82) is 0 Å². The molecule has 4 nitrogen and oxygen atoms in total. The Morgan fingerprint density at radius 3 is 1.72 bits per heavy atom. The number of ether oxygens (including phenoxy) is 3. The Bertz CT molecular complexity index is 1060. The summed E-state index contributed by atoms with van der Waals surface area (Å²) in [5.74, 6) is 3.17. The van der Waals surface area contributed by atoms with Gasteiger partial charge in [-0.1, -0.05) is 52.0 Å². The van der Waals surface area contributed by atoms with E-state index >= 15 is 0 Å². The van der Waals surface area contributed by atoms with Crippen LogP contribution in [0.25, 0.3) is 6.08 Å². The lowest BCUT2D eigenvalue weighted by molar-refractivity contribution is -0.134. The van der Waals surface area contributed by atoms with Crippen molar-refractivity contribution in [2.45, 2.75) is 39.5 Å². The van der Waals surface area contributed by atoms with Crippen LogP contribution in [0, 0.1) is 0 Å². The van der Waals surface area contributed by atoms with Crippen molar-refractivity contribution in [1.82, 2.24) is 0 Å². The van der Waals surface area contributed by atoms with E-state index in [-0.39, 0.29) is 0 Å². The lowest BCUT2D eigenvalue weighted by atomic mass is 10.0. The second-order valence-electron chi connectivity index (χ2n) is 8.21. The molecule has 0 aliphatic heterocycles. The molecule has 0 amide bonds. The third-order valence-corrected chi connectivity index (χ3v) is 5.14. The van der Waals surface area contributed by atoms with E-state index in [0.717, 1.165) is 11.3 Å². The molecule has 3 aromatic carbocycles. The molecule has 0 aliphatic rings. The van der Waals surface area contributed by atoms with Crippen molar-refractivity contribution in [3.63, 3.8) is 0 Å². The van der Waals surface area contributed by atoms with E-state index < -0.39 is 5.97 Å². The second-order valence-corrected chi connectivity index (χ2v) is 8.21. The highest BCUT2D eigenvalue weighted by molar-refractivity contribution is 5.87. The first-order valence-corrected chi connectivity index (χ1v) is 10.8. The molecule has 3 aromatic rings. The fourth-order valence-electron chi connectivity index (χ4n) is 3.13. The van der Waals surface area contributed by atoms with Crippen molar-refractivity contribution >= 4 is 12.0 Å². The van der Waals surface area contributed by atoms with Gasteiger partial charge in [0.1, 0.15) is 23.0 Å². The van der Waals surface area contributed by atoms with Crippen LogP contribution in [-0.4, -0.2) is 13.1 Å². The van der Waals surface area contributed by atoms with Crippen molar-refractivity contribution in [2.75, 3.05) is 7.11 Å². The molecule has 0 aliphatic carbocycles. The highest BCUT2D eigenvalue weighted by atomic mass is 16.5. The molecule has 4 heteroatoms. The molecule has 32 heavy (non-hydrogen) atoms. The molecular weight excluding hydrogens is 400 g/mol. The summed E-state index contributed by atoms with van der Waals surface area (Å²) in [5.41, 5.74) is 3.24. The minimum atomic E-state index is -0.428. The van der Waals surface area contributed by atoms with Gasteiger partial charge in [-0.15, -0.1) is 0 Å². The van der Waals surface area contributed by atoms with Crippen LogP contribution in [-0.2, 0) is 9.53 Å². The zero-order valence-corrected chi connectivity index (χ0v) is 19.3. The van der Waals surface area contributed by atoms with Crippen molar-refractivity contribution in [2.24, 2.45) is 0 Å². The van der Waals surface area contributed by atoms with Crippen LogP contribution >= 0.6 is 0 Å². The Morgan fingerprint density at radius 2 is 1.22 bits per heavy atom. The summed E-state index contributed by atoms with van der Waals surface area (Å²) < 4.78 is 16.9. The lowest BCUT2D eigenvalue weighted by Gasteiger charge is -2.13. The van der Waals surface area contributed by atoms with E-state index in [1.807, 2.05) is 42.5 Å². The summed E-state index contributed by atoms with van der Waals surface area (Å²) in [6, 6.07) is 21.6. The quantitative estimate of drug-likeness (QED) is 0.271. The van der Waals surface area contributed by atoms with Gasteiger partial charge in [0.05, 0.1) is 7.11 Å². The maximum absolute atomic E-state index is 11.6. The largest absolute Gasteiger partial charge is 0.466 e. The van der Waals surface area contributed by atoms with Gasteiger partial charge in [0.2, 0.25) is 0 Å². The number of methoxy groups -OCH3 is 1. The number of esters is 1. The van der Waals surface area contributed by atoms with Crippen molar-refractivity contribution in [3.8, 4) is 23.0 Å². The molecule has 0 N–H and O–H groups in total. The first kappa shape index (κ1) is 23.1. The molecule has 0 aromatic heterocycles. The predicted octanol–water partition coefficient (Wildman–Crippen LogP) is 7.70. The van der Waals surface area contributed by atoms with E-state index in [1.54, 1.807) is 6.08 Å². The third-order valence-electron chi connectivity index (χ3n) is 5.14. The van der Waals surface area contributed by atoms with Gasteiger partial charge in [-0.2, -0.15) is 0 Å². The summed E-state index contributed by atoms with van der Waals surface area (Å²) >= 11 is 0. The fourth-order valence-corrected chi connectivity index (χ4v) is 3.13. The van der Waals surface area contributed by atoms with Gasteiger partial charge in [-0.05, 0) is 65.4 Å². The molecule has 0 bridgehead atoms. The zero-order chi connectivity index (χ0) is 23.1. The molecular formula is C28H30O4. The van der Waals surface area contributed by atoms with Crippen LogP contribution in [0.15, 0.2) is 72.8 Å². The lowest BCUT2D eigenvalue weighted by Crippen LogP contribution is -1.95. The molecule has 0 radical (unpaired) electrons. The fraction of sp³-hybridized carbons (Fsp3) is 0.250. The summed E-state index contributed by atoms with van der Waals surface area (Å²) in [7, 11) is 1.35. The van der Waals surface area contributed by atoms with Crippen LogP contribution in [0.4, 0.5) is 0 Å². The van der Waals surface area contributed by atoms with Crippen LogP contribution in [0.2, 0.25) is 0 Å². The van der Waals surface area contributed by atoms with Gasteiger partial charge in [-0.3, -0.25) is 0 Å². The van der Waals surface area contributed by atoms with Gasteiger partial charge in [-0.25, -0.2) is 4.79 Å². The van der Waals surface area contributed by atoms with E-state index in [2.05, 4.69) is 52.0 Å². The molecule has 0 unspecified atom stereocenters. The molecule has 0 fully saturated rings. The van der Waals surface area contributed by atoms with Crippen molar-refractivity contribution < 1.29 is 19.0 Å². The maximum atomic E-state index is 11.6. The highest BCUT2D eigenvalue weighted by Gasteiger charge is 2.09. The van der Waals surface area contributed by atoms with E-state index in [0.29, 0.717) is 29.1 Å². The minimum Gasteiger partial charge on any atom is -0.466 e. The molecule has 3 rings (SSSR count). The number of hydrogen-bond donors (Lipinski definition) is 0. The van der Waals surface area contributed by atoms with Crippen LogP contribution < -0.4 is 9.47 Å². The SMILES string of the molecule is COC(=O)/C=C\c1ccc(Oc2ccc(C(C)C)cc2)cc1Oc1ccc(C(C)C)cc1. The summed E-state index contributed by atoms with van der Waals surface area (Å²) in [4.78, 5) is 11.6. The standard InChI is InChI=1S/C28H30O4/c1-19(2)21-6-12-24(13-7-21)31-26-16-10-23(11-17-28(29)30-5)27(18-26)32-25-14-8-22(9-15-25)20(3)4/h6-20H,1-5H3/b17-11-. The first-order valence-electron chi connectivity index (χ1n) is 10.8. The monoisotopic (exact) mass is 430 g/mol. The highest BCUT2D eigenvalue weighted by Crippen LogP contribution is 2.33. The number of rotatable bonds is 8. The molecule has 166 valence electrons. The predicted molar refractivity (Wildman–Crippen MR) is 129 cm³/mol. The molecule has 0 heterocycles. The minimum absolute atomic E-state index is 0.428. The number of carbonyl (C=O) groups excluding carboxylic acids is 1. The van der Waals surface area contributed by atoms with Crippen molar-refractivity contribution in [3.05, 3.63) is 89.5 Å². The number of hydrogen-bond acceptors (Lipinski definition) is 4. The molecule has 0 saturated heterocycles. The van der Waals surface area contributed by atoms with Gasteiger partial charge in [0, 0.05) is 17.7 Å². The topological polar surface area (TPSA) is 44.8 Å². The van der Waals surface area contributed by atoms with Gasteiger partial charge in [0.15, 0.2) is 0 Å². The number of carbonyl (C=O) groups is 1.